The number of nitrogens with one attached hydrogen (secondary N) is 1. The van der Waals surface area contributed by atoms with E-state index in [4.69, 9.17) is 11.6 Å². The number of halogens is 2. The van der Waals surface area contributed by atoms with Gasteiger partial charge in [0.15, 0.2) is 0 Å². The Morgan fingerprint density at radius 2 is 1.81 bits per heavy atom. The largest absolute Gasteiger partial charge is 0.369 e. The van der Waals surface area contributed by atoms with Crippen molar-refractivity contribution in [3.05, 3.63) is 64.7 Å². The summed E-state index contributed by atoms with van der Waals surface area (Å²) < 4.78 is 15.1. The van der Waals surface area contributed by atoms with Crippen molar-refractivity contribution in [2.24, 2.45) is 0 Å². The van der Waals surface area contributed by atoms with E-state index in [1.807, 2.05) is 24.3 Å². The summed E-state index contributed by atoms with van der Waals surface area (Å²) >= 11 is 6.18. The number of aryl methyl sites for hydroxylation is 2. The molecule has 26 heavy (non-hydrogen) atoms. The third kappa shape index (κ3) is 4.39. The lowest BCUT2D eigenvalue weighted by Gasteiger charge is -2.31. The average molecular weight is 375 g/mol. The van der Waals surface area contributed by atoms with Gasteiger partial charge in [-0.3, -0.25) is 0 Å². The van der Waals surface area contributed by atoms with E-state index >= 15 is 4.39 Å². The van der Waals surface area contributed by atoms with Crippen LogP contribution in [0.2, 0.25) is 0 Å². The van der Waals surface area contributed by atoms with E-state index < -0.39 is 6.17 Å². The van der Waals surface area contributed by atoms with Gasteiger partial charge in [-0.1, -0.05) is 36.4 Å². The maximum atomic E-state index is 15.1. The first-order valence-electron chi connectivity index (χ1n) is 9.42. The summed E-state index contributed by atoms with van der Waals surface area (Å²) in [6.07, 6.45) is -0.588. The van der Waals surface area contributed by atoms with Crippen molar-refractivity contribution in [1.82, 2.24) is 5.32 Å². The lowest BCUT2D eigenvalue weighted by atomic mass is 9.89. The fourth-order valence-corrected chi connectivity index (χ4v) is 4.13. The molecule has 3 rings (SSSR count). The first-order valence-corrected chi connectivity index (χ1v) is 9.95. The van der Waals surface area contributed by atoms with Gasteiger partial charge in [-0.05, 0) is 48.6 Å². The van der Waals surface area contributed by atoms with Gasteiger partial charge in [0.05, 0.1) is 0 Å². The van der Waals surface area contributed by atoms with Crippen LogP contribution in [0.4, 0.5) is 10.1 Å². The van der Waals surface area contributed by atoms with E-state index in [0.29, 0.717) is 12.3 Å². The minimum atomic E-state index is -1.01. The fraction of sp³-hybridized carbons (Fsp3) is 0.455. The van der Waals surface area contributed by atoms with Crippen LogP contribution in [0.5, 0.6) is 0 Å². The lowest BCUT2D eigenvalue weighted by molar-refractivity contribution is 0.307. The molecule has 0 saturated carbocycles. The zero-order valence-corrected chi connectivity index (χ0v) is 16.4. The molecule has 2 unspecified atom stereocenters. The molecular formula is C22H28ClFN2. The molecule has 0 bridgehead atoms. The second-order valence-corrected chi connectivity index (χ2v) is 7.50. The topological polar surface area (TPSA) is 15.3 Å². The van der Waals surface area contributed by atoms with Gasteiger partial charge in [-0.25, -0.2) is 4.39 Å². The van der Waals surface area contributed by atoms with Crippen molar-refractivity contribution in [2.45, 2.75) is 32.4 Å². The van der Waals surface area contributed by atoms with Crippen LogP contribution in [-0.4, -0.2) is 32.1 Å². The van der Waals surface area contributed by atoms with Gasteiger partial charge in [0.25, 0.3) is 0 Å². The Morgan fingerprint density at radius 3 is 2.46 bits per heavy atom. The Balaban J connectivity index is 1.73. The number of nitrogens with zero attached hydrogens (tertiary/aromatic N) is 1. The number of anilines is 1. The summed E-state index contributed by atoms with van der Waals surface area (Å²) in [6, 6.07) is 14.2. The van der Waals surface area contributed by atoms with Gasteiger partial charge in [-0.2, -0.15) is 0 Å². The van der Waals surface area contributed by atoms with E-state index in [-0.39, 0.29) is 5.92 Å². The first kappa shape index (κ1) is 19.2. The highest BCUT2D eigenvalue weighted by molar-refractivity contribution is 6.18. The van der Waals surface area contributed by atoms with Gasteiger partial charge >= 0.3 is 0 Å². The molecule has 1 aliphatic rings. The molecule has 140 valence electrons. The summed E-state index contributed by atoms with van der Waals surface area (Å²) in [4.78, 5) is 2.37. The molecule has 4 heteroatoms. The summed E-state index contributed by atoms with van der Waals surface area (Å²) in [5.41, 5.74) is 5.44. The highest BCUT2D eigenvalue weighted by Gasteiger charge is 2.21. The Bertz CT molecular complexity index is 728. The second kappa shape index (κ2) is 8.88. The van der Waals surface area contributed by atoms with Crippen molar-refractivity contribution >= 4 is 17.3 Å². The molecule has 0 aliphatic carbocycles. The maximum Gasteiger partial charge on any atom is 0.126 e. The first-order chi connectivity index (χ1) is 12.6. The molecular weight excluding hydrogens is 347 g/mol. The van der Waals surface area contributed by atoms with Crippen molar-refractivity contribution < 1.29 is 4.39 Å². The van der Waals surface area contributed by atoms with E-state index in [9.17, 15) is 0 Å². The summed E-state index contributed by atoms with van der Waals surface area (Å²) in [5, 5.41) is 3.37. The number of alkyl halides is 2. The van der Waals surface area contributed by atoms with Gasteiger partial charge in [-0.15, -0.1) is 11.6 Å². The normalized spacial score (nSPS) is 17.2. The molecule has 1 heterocycles. The van der Waals surface area contributed by atoms with Crippen molar-refractivity contribution in [3.8, 4) is 0 Å². The lowest BCUT2D eigenvalue weighted by Crippen LogP contribution is -2.43. The maximum absolute atomic E-state index is 15.1. The number of piperazine rings is 1. The number of hydrogen-bond donors (Lipinski definition) is 1. The highest BCUT2D eigenvalue weighted by atomic mass is 35.5. The zero-order valence-electron chi connectivity index (χ0n) is 15.6. The van der Waals surface area contributed by atoms with Crippen LogP contribution >= 0.6 is 11.6 Å². The number of rotatable bonds is 6. The summed E-state index contributed by atoms with van der Waals surface area (Å²) in [5.74, 6) is 0.462. The number of benzene rings is 2. The molecule has 2 aromatic rings. The van der Waals surface area contributed by atoms with E-state index in [2.05, 4.69) is 42.3 Å². The molecule has 0 spiro atoms. The summed E-state index contributed by atoms with van der Waals surface area (Å²) in [7, 11) is 0. The fourth-order valence-electron chi connectivity index (χ4n) is 3.84. The molecule has 1 fully saturated rings. The predicted molar refractivity (Wildman–Crippen MR) is 109 cm³/mol. The van der Waals surface area contributed by atoms with Crippen molar-refractivity contribution in [1.29, 1.82) is 0 Å². The molecule has 0 aromatic heterocycles. The molecule has 0 amide bonds. The average Bonchev–Trinajstić information content (AvgIpc) is 2.67. The zero-order chi connectivity index (χ0) is 18.5. The van der Waals surface area contributed by atoms with Crippen LogP contribution in [0.25, 0.3) is 0 Å². The van der Waals surface area contributed by atoms with Crippen LogP contribution in [-0.2, 0) is 0 Å². The summed E-state index contributed by atoms with van der Waals surface area (Å²) in [6.45, 7) is 8.14. The smallest absolute Gasteiger partial charge is 0.126 e. The highest BCUT2D eigenvalue weighted by Crippen LogP contribution is 2.35. The Kier molecular flexibility index (Phi) is 6.55. The molecule has 1 saturated heterocycles. The Hall–Kier alpha value is -1.58. The van der Waals surface area contributed by atoms with Crippen LogP contribution in [0.3, 0.4) is 0 Å². The van der Waals surface area contributed by atoms with Crippen molar-refractivity contribution in [2.75, 3.05) is 37.0 Å². The SMILES string of the molecule is Cc1ccccc1C(CCl)CC(F)c1ccc(N2CCNCC2)c(C)c1. The van der Waals surface area contributed by atoms with Crippen LogP contribution in [0.15, 0.2) is 42.5 Å². The molecule has 2 nitrogen and oxygen atoms in total. The van der Waals surface area contributed by atoms with E-state index in [1.54, 1.807) is 0 Å². The van der Waals surface area contributed by atoms with Crippen LogP contribution < -0.4 is 10.2 Å². The third-order valence-corrected chi connectivity index (χ3v) is 5.72. The van der Waals surface area contributed by atoms with Gasteiger partial charge in [0.1, 0.15) is 6.17 Å². The van der Waals surface area contributed by atoms with Crippen LogP contribution in [0.1, 0.15) is 40.8 Å². The second-order valence-electron chi connectivity index (χ2n) is 7.19. The van der Waals surface area contributed by atoms with Gasteiger partial charge in [0.2, 0.25) is 0 Å². The van der Waals surface area contributed by atoms with E-state index in [1.165, 1.54) is 11.3 Å². The minimum Gasteiger partial charge on any atom is -0.369 e. The molecule has 1 N–H and O–H groups in total. The van der Waals surface area contributed by atoms with Crippen LogP contribution in [0, 0.1) is 13.8 Å². The molecule has 1 aliphatic heterocycles. The minimum absolute atomic E-state index is 0.0287. The van der Waals surface area contributed by atoms with Gasteiger partial charge in [0, 0.05) is 43.7 Å². The molecule has 2 aromatic carbocycles. The monoisotopic (exact) mass is 374 g/mol. The Labute approximate surface area is 161 Å². The predicted octanol–water partition coefficient (Wildman–Crippen LogP) is 5.14. The third-order valence-electron chi connectivity index (χ3n) is 5.35. The Morgan fingerprint density at radius 1 is 1.08 bits per heavy atom. The van der Waals surface area contributed by atoms with E-state index in [0.717, 1.165) is 42.9 Å². The standard InChI is InChI=1S/C22H28ClFN2/c1-16-5-3-4-6-20(16)19(15-23)14-21(24)18-7-8-22(17(2)13-18)26-11-9-25-10-12-26/h3-8,13,19,21,25H,9-12,14-15H2,1-2H3. The number of hydrogen-bond acceptors (Lipinski definition) is 2. The molecule has 2 atom stereocenters. The van der Waals surface area contributed by atoms with Gasteiger partial charge < -0.3 is 10.2 Å². The molecule has 0 radical (unpaired) electrons. The van der Waals surface area contributed by atoms with Crippen molar-refractivity contribution in [3.63, 3.8) is 0 Å². The quantitative estimate of drug-likeness (QED) is 0.704.